The van der Waals surface area contributed by atoms with Gasteiger partial charge in [0.05, 0.1) is 11.3 Å². The molecule has 4 nitrogen and oxygen atoms in total. The van der Waals surface area contributed by atoms with Crippen molar-refractivity contribution in [3.63, 3.8) is 0 Å². The maximum absolute atomic E-state index is 5.70. The third-order valence-electron chi connectivity index (χ3n) is 4.24. The summed E-state index contributed by atoms with van der Waals surface area (Å²) in [5.74, 6) is 1.38. The van der Waals surface area contributed by atoms with Crippen molar-refractivity contribution in [3.8, 4) is 5.75 Å². The standard InChI is InChI=1S/C18H19N3OS/c1-2-22-15-7-5-8-16-17(15)20-18(23-16)21-11-9-13(12-21)14-6-3-4-10-19-14/h3-8,10,13H,2,9,11-12H2,1H3. The summed E-state index contributed by atoms with van der Waals surface area (Å²) in [4.78, 5) is 11.7. The van der Waals surface area contributed by atoms with E-state index in [-0.39, 0.29) is 0 Å². The van der Waals surface area contributed by atoms with E-state index < -0.39 is 0 Å². The number of rotatable bonds is 4. The second-order valence-electron chi connectivity index (χ2n) is 5.72. The van der Waals surface area contributed by atoms with Gasteiger partial charge in [0, 0.05) is 30.9 Å². The minimum Gasteiger partial charge on any atom is -0.492 e. The molecule has 3 aromatic rings. The predicted octanol–water partition coefficient (Wildman–Crippen LogP) is 4.08. The van der Waals surface area contributed by atoms with Crippen LogP contribution in [0.25, 0.3) is 10.2 Å². The number of benzene rings is 1. The molecule has 0 spiro atoms. The highest BCUT2D eigenvalue weighted by molar-refractivity contribution is 7.22. The highest BCUT2D eigenvalue weighted by atomic mass is 32.1. The lowest BCUT2D eigenvalue weighted by atomic mass is 10.0. The fourth-order valence-electron chi connectivity index (χ4n) is 3.11. The van der Waals surface area contributed by atoms with Gasteiger partial charge in [-0.2, -0.15) is 0 Å². The van der Waals surface area contributed by atoms with Crippen LogP contribution < -0.4 is 9.64 Å². The van der Waals surface area contributed by atoms with Gasteiger partial charge in [0.2, 0.25) is 0 Å². The molecule has 3 heterocycles. The summed E-state index contributed by atoms with van der Waals surface area (Å²) in [6.07, 6.45) is 3.01. The van der Waals surface area contributed by atoms with Gasteiger partial charge in [0.15, 0.2) is 5.13 Å². The molecule has 5 heteroatoms. The summed E-state index contributed by atoms with van der Waals surface area (Å²) in [7, 11) is 0. The van der Waals surface area contributed by atoms with Gasteiger partial charge in [-0.05, 0) is 37.6 Å². The molecule has 0 aliphatic carbocycles. The number of pyridine rings is 1. The van der Waals surface area contributed by atoms with Crippen LogP contribution in [0.3, 0.4) is 0 Å². The maximum Gasteiger partial charge on any atom is 0.186 e. The Morgan fingerprint density at radius 3 is 3.04 bits per heavy atom. The van der Waals surface area contributed by atoms with E-state index in [9.17, 15) is 0 Å². The molecule has 1 aliphatic rings. The zero-order valence-electron chi connectivity index (χ0n) is 13.1. The first-order chi connectivity index (χ1) is 11.3. The molecule has 118 valence electrons. The summed E-state index contributed by atoms with van der Waals surface area (Å²) in [6.45, 7) is 4.69. The van der Waals surface area contributed by atoms with Crippen molar-refractivity contribution in [2.24, 2.45) is 0 Å². The van der Waals surface area contributed by atoms with E-state index in [0.29, 0.717) is 12.5 Å². The van der Waals surface area contributed by atoms with Crippen LogP contribution in [0, 0.1) is 0 Å². The third-order valence-corrected chi connectivity index (χ3v) is 5.32. The Labute approximate surface area is 139 Å². The van der Waals surface area contributed by atoms with E-state index in [1.165, 1.54) is 10.4 Å². The molecule has 1 unspecified atom stereocenters. The highest BCUT2D eigenvalue weighted by Crippen LogP contribution is 2.37. The Hall–Kier alpha value is -2.14. The molecule has 0 amide bonds. The van der Waals surface area contributed by atoms with Crippen LogP contribution in [-0.2, 0) is 0 Å². The zero-order valence-corrected chi connectivity index (χ0v) is 13.9. The lowest BCUT2D eigenvalue weighted by Crippen LogP contribution is -2.19. The molecule has 1 fully saturated rings. The van der Waals surface area contributed by atoms with Gasteiger partial charge in [0.25, 0.3) is 0 Å². The third kappa shape index (κ3) is 2.77. The lowest BCUT2D eigenvalue weighted by Gasteiger charge is -2.14. The predicted molar refractivity (Wildman–Crippen MR) is 94.6 cm³/mol. The van der Waals surface area contributed by atoms with Gasteiger partial charge < -0.3 is 9.64 Å². The smallest absolute Gasteiger partial charge is 0.186 e. The summed E-state index contributed by atoms with van der Waals surface area (Å²) >= 11 is 1.75. The van der Waals surface area contributed by atoms with Gasteiger partial charge in [0.1, 0.15) is 11.3 Å². The Balaban J connectivity index is 1.59. The van der Waals surface area contributed by atoms with Gasteiger partial charge in [-0.25, -0.2) is 4.98 Å². The monoisotopic (exact) mass is 325 g/mol. The Morgan fingerprint density at radius 2 is 2.22 bits per heavy atom. The van der Waals surface area contributed by atoms with Crippen molar-refractivity contribution in [3.05, 3.63) is 48.3 Å². The van der Waals surface area contributed by atoms with Crippen LogP contribution in [0.1, 0.15) is 25.0 Å². The summed E-state index contributed by atoms with van der Waals surface area (Å²) in [5.41, 5.74) is 2.17. The normalized spacial score (nSPS) is 17.8. The topological polar surface area (TPSA) is 38.2 Å². The fraction of sp³-hybridized carbons (Fsp3) is 0.333. The average Bonchev–Trinajstić information content (AvgIpc) is 3.23. The van der Waals surface area contributed by atoms with Crippen molar-refractivity contribution in [1.82, 2.24) is 9.97 Å². The fourth-order valence-corrected chi connectivity index (χ4v) is 4.13. The van der Waals surface area contributed by atoms with Crippen molar-refractivity contribution < 1.29 is 4.74 Å². The Morgan fingerprint density at radius 1 is 1.26 bits per heavy atom. The maximum atomic E-state index is 5.70. The lowest BCUT2D eigenvalue weighted by molar-refractivity contribution is 0.344. The molecular formula is C18H19N3OS. The Bertz CT molecular complexity index is 802. The number of para-hydroxylation sites is 1. The average molecular weight is 325 g/mol. The first-order valence-electron chi connectivity index (χ1n) is 8.03. The number of anilines is 1. The van der Waals surface area contributed by atoms with Crippen LogP contribution in [0.2, 0.25) is 0 Å². The second-order valence-corrected chi connectivity index (χ2v) is 6.73. The van der Waals surface area contributed by atoms with Crippen LogP contribution in [0.5, 0.6) is 5.75 Å². The molecule has 4 rings (SSSR count). The van der Waals surface area contributed by atoms with E-state index in [2.05, 4.69) is 28.1 Å². The number of hydrogen-bond donors (Lipinski definition) is 0. The van der Waals surface area contributed by atoms with E-state index >= 15 is 0 Å². The zero-order chi connectivity index (χ0) is 15.6. The van der Waals surface area contributed by atoms with Gasteiger partial charge in [-0.15, -0.1) is 0 Å². The summed E-state index contributed by atoms with van der Waals surface area (Å²) in [6, 6.07) is 12.3. The van der Waals surface area contributed by atoms with Gasteiger partial charge in [-0.3, -0.25) is 4.98 Å². The summed E-state index contributed by atoms with van der Waals surface area (Å²) in [5, 5.41) is 1.09. The molecule has 23 heavy (non-hydrogen) atoms. The van der Waals surface area contributed by atoms with Crippen molar-refractivity contribution in [1.29, 1.82) is 0 Å². The highest BCUT2D eigenvalue weighted by Gasteiger charge is 2.27. The number of ether oxygens (including phenoxy) is 1. The molecular weight excluding hydrogens is 306 g/mol. The van der Waals surface area contributed by atoms with Crippen LogP contribution in [-0.4, -0.2) is 29.7 Å². The largest absolute Gasteiger partial charge is 0.492 e. The number of fused-ring (bicyclic) bond motifs is 1. The molecule has 1 aliphatic heterocycles. The van der Waals surface area contributed by atoms with E-state index in [4.69, 9.17) is 9.72 Å². The van der Waals surface area contributed by atoms with Crippen LogP contribution in [0.15, 0.2) is 42.6 Å². The molecule has 2 aromatic heterocycles. The quantitative estimate of drug-likeness (QED) is 0.724. The van der Waals surface area contributed by atoms with Crippen LogP contribution >= 0.6 is 11.3 Å². The second kappa shape index (κ2) is 6.16. The molecule has 0 N–H and O–H groups in total. The minimum atomic E-state index is 0.495. The van der Waals surface area contributed by atoms with E-state index in [1.807, 2.05) is 31.3 Å². The van der Waals surface area contributed by atoms with Crippen LogP contribution in [0.4, 0.5) is 5.13 Å². The minimum absolute atomic E-state index is 0.495. The van der Waals surface area contributed by atoms with Gasteiger partial charge >= 0.3 is 0 Å². The first kappa shape index (κ1) is 14.5. The number of aromatic nitrogens is 2. The molecule has 0 bridgehead atoms. The first-order valence-corrected chi connectivity index (χ1v) is 8.85. The summed E-state index contributed by atoms with van der Waals surface area (Å²) < 4.78 is 6.89. The number of thiazole rings is 1. The number of hydrogen-bond acceptors (Lipinski definition) is 5. The molecule has 1 saturated heterocycles. The SMILES string of the molecule is CCOc1cccc2sc(N3CCC(c4ccccn4)C3)nc12. The van der Waals surface area contributed by atoms with Crippen molar-refractivity contribution in [2.45, 2.75) is 19.3 Å². The van der Waals surface area contributed by atoms with Gasteiger partial charge in [-0.1, -0.05) is 23.5 Å². The molecule has 1 aromatic carbocycles. The van der Waals surface area contributed by atoms with E-state index in [1.54, 1.807) is 11.3 Å². The molecule has 1 atom stereocenters. The molecule has 0 saturated carbocycles. The number of nitrogens with zero attached hydrogens (tertiary/aromatic N) is 3. The van der Waals surface area contributed by atoms with Crippen molar-refractivity contribution in [2.75, 3.05) is 24.6 Å². The molecule has 0 radical (unpaired) electrons. The Kier molecular flexibility index (Phi) is 3.87. The van der Waals surface area contributed by atoms with E-state index in [0.717, 1.165) is 35.9 Å². The van der Waals surface area contributed by atoms with Crippen molar-refractivity contribution >= 4 is 26.7 Å².